The van der Waals surface area contributed by atoms with E-state index in [9.17, 15) is 9.59 Å². The maximum atomic E-state index is 12.9. The lowest BCUT2D eigenvalue weighted by Gasteiger charge is -2.35. The molecule has 1 aromatic rings. The Kier molecular flexibility index (Phi) is 5.84. The Hall–Kier alpha value is -2.10. The molecule has 1 saturated carbocycles. The van der Waals surface area contributed by atoms with Crippen LogP contribution < -0.4 is 0 Å². The van der Waals surface area contributed by atoms with Gasteiger partial charge in [0.05, 0.1) is 0 Å². The van der Waals surface area contributed by atoms with Gasteiger partial charge < -0.3 is 9.80 Å². The molecule has 150 valence electrons. The van der Waals surface area contributed by atoms with Gasteiger partial charge in [0, 0.05) is 39.0 Å². The van der Waals surface area contributed by atoms with Crippen LogP contribution in [0.5, 0.6) is 0 Å². The number of fused-ring (bicyclic) bond motifs is 2. The van der Waals surface area contributed by atoms with E-state index in [1.165, 1.54) is 12.0 Å². The maximum Gasteiger partial charge on any atom is 0.226 e. The number of nitrogens with zero attached hydrogens (tertiary/aromatic N) is 2. The van der Waals surface area contributed by atoms with Gasteiger partial charge in [-0.2, -0.15) is 0 Å². The van der Waals surface area contributed by atoms with E-state index in [1.54, 1.807) is 0 Å². The minimum atomic E-state index is 0.219. The molecule has 4 rings (SSSR count). The smallest absolute Gasteiger partial charge is 0.226 e. The van der Waals surface area contributed by atoms with Gasteiger partial charge in [-0.05, 0) is 55.4 Å². The number of hydrogen-bond acceptors (Lipinski definition) is 2. The van der Waals surface area contributed by atoms with Crippen LogP contribution in [0.3, 0.4) is 0 Å². The van der Waals surface area contributed by atoms with E-state index in [0.717, 1.165) is 38.8 Å². The second-order valence-electron chi connectivity index (χ2n) is 8.93. The monoisotopic (exact) mass is 380 g/mol. The summed E-state index contributed by atoms with van der Waals surface area (Å²) in [6.45, 7) is 2.41. The summed E-state index contributed by atoms with van der Waals surface area (Å²) in [4.78, 5) is 29.2. The molecule has 1 aromatic carbocycles. The van der Waals surface area contributed by atoms with Crippen molar-refractivity contribution in [2.24, 2.45) is 23.7 Å². The second kappa shape index (κ2) is 8.50. The van der Waals surface area contributed by atoms with E-state index in [-0.39, 0.29) is 11.8 Å². The summed E-state index contributed by atoms with van der Waals surface area (Å²) in [5.74, 6) is 2.55. The standard InChI is InChI=1S/C24H32N2O2/c1-25(17-19-5-3-2-4-6-19)23(27)10-8-18-11-13-26(14-12-18)24(28)22-16-20-7-9-21(22)15-20/h2-7,9,18,20-22H,8,10-17H2,1H3/t20-,21+,22-/m1/s1. The summed E-state index contributed by atoms with van der Waals surface area (Å²) in [6.07, 6.45) is 10.4. The molecule has 3 atom stereocenters. The average molecular weight is 381 g/mol. The molecule has 0 radical (unpaired) electrons. The fourth-order valence-electron chi connectivity index (χ4n) is 5.21. The molecule has 2 bridgehead atoms. The molecule has 1 saturated heterocycles. The van der Waals surface area contributed by atoms with Crippen LogP contribution in [0.4, 0.5) is 0 Å². The highest BCUT2D eigenvalue weighted by Crippen LogP contribution is 2.44. The first kappa shape index (κ1) is 19.2. The van der Waals surface area contributed by atoms with Crippen LogP contribution in [0, 0.1) is 23.7 Å². The van der Waals surface area contributed by atoms with Gasteiger partial charge in [-0.3, -0.25) is 9.59 Å². The first-order chi connectivity index (χ1) is 13.6. The fourth-order valence-corrected chi connectivity index (χ4v) is 5.21. The van der Waals surface area contributed by atoms with Crippen molar-refractivity contribution in [1.29, 1.82) is 0 Å². The van der Waals surface area contributed by atoms with Gasteiger partial charge in [-0.15, -0.1) is 0 Å². The zero-order valence-electron chi connectivity index (χ0n) is 16.9. The van der Waals surface area contributed by atoms with E-state index in [0.29, 0.717) is 36.6 Å². The Labute approximate surface area is 168 Å². The van der Waals surface area contributed by atoms with E-state index in [1.807, 2.05) is 30.1 Å². The van der Waals surface area contributed by atoms with Crippen LogP contribution in [0.15, 0.2) is 42.5 Å². The Balaban J connectivity index is 1.18. The third kappa shape index (κ3) is 4.31. The Morgan fingerprint density at radius 2 is 1.82 bits per heavy atom. The predicted molar refractivity (Wildman–Crippen MR) is 110 cm³/mol. The maximum absolute atomic E-state index is 12.9. The Morgan fingerprint density at radius 1 is 1.07 bits per heavy atom. The summed E-state index contributed by atoms with van der Waals surface area (Å²) < 4.78 is 0. The zero-order valence-corrected chi connectivity index (χ0v) is 16.9. The van der Waals surface area contributed by atoms with Crippen LogP contribution in [-0.4, -0.2) is 41.8 Å². The van der Waals surface area contributed by atoms with Gasteiger partial charge in [-0.1, -0.05) is 42.5 Å². The number of carbonyl (C=O) groups is 2. The highest BCUT2D eigenvalue weighted by atomic mass is 16.2. The summed E-state index contributed by atoms with van der Waals surface area (Å²) in [7, 11) is 1.89. The first-order valence-electron chi connectivity index (χ1n) is 10.8. The third-order valence-electron chi connectivity index (χ3n) is 6.98. The summed E-state index contributed by atoms with van der Waals surface area (Å²) >= 11 is 0. The quantitative estimate of drug-likeness (QED) is 0.703. The van der Waals surface area contributed by atoms with Crippen molar-refractivity contribution >= 4 is 11.8 Å². The van der Waals surface area contributed by atoms with Crippen molar-refractivity contribution in [1.82, 2.24) is 9.80 Å². The number of hydrogen-bond donors (Lipinski definition) is 0. The fraction of sp³-hybridized carbons (Fsp3) is 0.583. The van der Waals surface area contributed by atoms with Gasteiger partial charge in [-0.25, -0.2) is 0 Å². The molecular weight excluding hydrogens is 348 g/mol. The number of piperidine rings is 1. The van der Waals surface area contributed by atoms with Gasteiger partial charge in [0.1, 0.15) is 0 Å². The SMILES string of the molecule is CN(Cc1ccccc1)C(=O)CCC1CCN(C(=O)[C@@H]2C[C@@H]3C=C[C@H]2C3)CC1. The molecule has 2 amide bonds. The number of benzene rings is 1. The highest BCUT2D eigenvalue weighted by Gasteiger charge is 2.41. The number of carbonyl (C=O) groups excluding carboxylic acids is 2. The molecule has 2 fully saturated rings. The number of amides is 2. The topological polar surface area (TPSA) is 40.6 Å². The van der Waals surface area contributed by atoms with Gasteiger partial charge in [0.15, 0.2) is 0 Å². The van der Waals surface area contributed by atoms with Crippen LogP contribution in [0.1, 0.15) is 44.1 Å². The molecule has 0 aromatic heterocycles. The Bertz CT molecular complexity index is 721. The number of rotatable bonds is 6. The van der Waals surface area contributed by atoms with Crippen LogP contribution in [-0.2, 0) is 16.1 Å². The first-order valence-corrected chi connectivity index (χ1v) is 10.8. The van der Waals surface area contributed by atoms with Crippen LogP contribution in [0.2, 0.25) is 0 Å². The van der Waals surface area contributed by atoms with E-state index in [2.05, 4.69) is 29.2 Å². The van der Waals surface area contributed by atoms with Gasteiger partial charge >= 0.3 is 0 Å². The second-order valence-corrected chi connectivity index (χ2v) is 8.93. The lowest BCUT2D eigenvalue weighted by Crippen LogP contribution is -2.43. The summed E-state index contributed by atoms with van der Waals surface area (Å²) in [6, 6.07) is 10.1. The zero-order chi connectivity index (χ0) is 19.5. The molecule has 0 spiro atoms. The van der Waals surface area contributed by atoms with Crippen molar-refractivity contribution in [3.05, 3.63) is 48.0 Å². The van der Waals surface area contributed by atoms with Crippen LogP contribution in [0.25, 0.3) is 0 Å². The van der Waals surface area contributed by atoms with E-state index < -0.39 is 0 Å². The molecule has 0 N–H and O–H groups in total. The Morgan fingerprint density at radius 3 is 2.46 bits per heavy atom. The molecular formula is C24H32N2O2. The number of allylic oxidation sites excluding steroid dienone is 2. The molecule has 1 heterocycles. The third-order valence-corrected chi connectivity index (χ3v) is 6.98. The van der Waals surface area contributed by atoms with Crippen molar-refractivity contribution in [3.8, 4) is 0 Å². The van der Waals surface area contributed by atoms with E-state index >= 15 is 0 Å². The molecule has 2 aliphatic carbocycles. The van der Waals surface area contributed by atoms with Crippen molar-refractivity contribution in [2.45, 2.75) is 45.1 Å². The average Bonchev–Trinajstić information content (AvgIpc) is 3.36. The lowest BCUT2D eigenvalue weighted by atomic mass is 9.88. The molecule has 28 heavy (non-hydrogen) atoms. The molecule has 4 heteroatoms. The summed E-state index contributed by atoms with van der Waals surface area (Å²) in [5.41, 5.74) is 1.17. The van der Waals surface area contributed by atoms with Gasteiger partial charge in [0.25, 0.3) is 0 Å². The van der Waals surface area contributed by atoms with E-state index in [4.69, 9.17) is 0 Å². The minimum absolute atomic E-state index is 0.219. The lowest BCUT2D eigenvalue weighted by molar-refractivity contribution is -0.138. The van der Waals surface area contributed by atoms with Crippen molar-refractivity contribution in [3.63, 3.8) is 0 Å². The highest BCUT2D eigenvalue weighted by molar-refractivity contribution is 5.80. The largest absolute Gasteiger partial charge is 0.342 e. The predicted octanol–water partition coefficient (Wildman–Crippen LogP) is 3.88. The minimum Gasteiger partial charge on any atom is -0.342 e. The molecule has 4 nitrogen and oxygen atoms in total. The molecule has 1 aliphatic heterocycles. The normalized spacial score (nSPS) is 26.6. The van der Waals surface area contributed by atoms with Crippen LogP contribution >= 0.6 is 0 Å². The van der Waals surface area contributed by atoms with Crippen molar-refractivity contribution in [2.75, 3.05) is 20.1 Å². The molecule has 3 aliphatic rings. The van der Waals surface area contributed by atoms with Gasteiger partial charge in [0.2, 0.25) is 11.8 Å². The van der Waals surface area contributed by atoms with Crippen molar-refractivity contribution < 1.29 is 9.59 Å². The number of likely N-dealkylation sites (tertiary alicyclic amines) is 1. The molecule has 0 unspecified atom stereocenters. The summed E-state index contributed by atoms with van der Waals surface area (Å²) in [5, 5.41) is 0.